The Balaban J connectivity index is 1.49. The number of amides is 1. The van der Waals surface area contributed by atoms with Gasteiger partial charge in [-0.2, -0.15) is 10.2 Å². The highest BCUT2D eigenvalue weighted by atomic mass is 16.5. The first-order chi connectivity index (χ1) is 15.3. The summed E-state index contributed by atoms with van der Waals surface area (Å²) in [6, 6.07) is 5.53. The molecule has 0 aliphatic carbocycles. The third-order valence-electron chi connectivity index (χ3n) is 5.44. The van der Waals surface area contributed by atoms with Crippen molar-refractivity contribution >= 4 is 17.2 Å². The molecule has 5 rings (SSSR count). The van der Waals surface area contributed by atoms with Gasteiger partial charge < -0.3 is 14.8 Å². The lowest BCUT2D eigenvalue weighted by atomic mass is 10.0. The number of aromatic nitrogens is 5. The van der Waals surface area contributed by atoms with Crippen molar-refractivity contribution in [2.45, 2.75) is 38.9 Å². The summed E-state index contributed by atoms with van der Waals surface area (Å²) in [5.41, 5.74) is 3.07. The smallest absolute Gasteiger partial charge is 0.261 e. The molecular formula is C23H24N6O3. The molecule has 1 aliphatic heterocycles. The number of hydrogen-bond donors (Lipinski definition) is 1. The van der Waals surface area contributed by atoms with Crippen LogP contribution in [-0.2, 0) is 13.5 Å². The zero-order chi connectivity index (χ0) is 22.5. The molecule has 0 saturated carbocycles. The molecular weight excluding hydrogens is 408 g/mol. The first-order valence-electron chi connectivity index (χ1n) is 10.4. The van der Waals surface area contributed by atoms with E-state index in [2.05, 4.69) is 20.5 Å². The van der Waals surface area contributed by atoms with Crippen LogP contribution >= 0.6 is 0 Å². The number of benzene rings is 1. The standard InChI is InChI=1S/C23H24N6O3/c1-14(16-11-25-28(4)13-16)31-20-9-19-15(10-23(2,3)32-19)8-18(20)27-22(30)17-12-26-29-7-5-6-24-21(17)29/h5-9,11-14H,10H2,1-4H3,(H,27,30). The minimum atomic E-state index is -0.316. The van der Waals surface area contributed by atoms with Crippen LogP contribution in [0.3, 0.4) is 0 Å². The molecule has 0 radical (unpaired) electrons. The highest BCUT2D eigenvalue weighted by molar-refractivity contribution is 6.08. The van der Waals surface area contributed by atoms with Crippen LogP contribution in [0.2, 0.25) is 0 Å². The highest BCUT2D eigenvalue weighted by Crippen LogP contribution is 2.42. The van der Waals surface area contributed by atoms with Crippen LogP contribution in [0.4, 0.5) is 5.69 Å². The van der Waals surface area contributed by atoms with Crippen molar-refractivity contribution in [2.24, 2.45) is 7.05 Å². The van der Waals surface area contributed by atoms with E-state index in [4.69, 9.17) is 9.47 Å². The topological polar surface area (TPSA) is 95.6 Å². The van der Waals surface area contributed by atoms with Gasteiger partial charge in [-0.1, -0.05) is 0 Å². The normalized spacial score (nSPS) is 15.2. The zero-order valence-electron chi connectivity index (χ0n) is 18.4. The SMILES string of the molecule is CC(Oc1cc2c(cc1NC(=O)c1cnn3cccnc13)CC(C)(C)O2)c1cnn(C)c1. The minimum Gasteiger partial charge on any atom is -0.487 e. The summed E-state index contributed by atoms with van der Waals surface area (Å²) in [4.78, 5) is 17.4. The van der Waals surface area contributed by atoms with Gasteiger partial charge in [0.25, 0.3) is 5.91 Å². The van der Waals surface area contributed by atoms with Gasteiger partial charge in [-0.05, 0) is 32.9 Å². The van der Waals surface area contributed by atoms with Crippen LogP contribution in [0.25, 0.3) is 5.65 Å². The largest absolute Gasteiger partial charge is 0.487 e. The summed E-state index contributed by atoms with van der Waals surface area (Å²) >= 11 is 0. The molecule has 1 amide bonds. The lowest BCUT2D eigenvalue weighted by molar-refractivity contribution is 0.102. The Morgan fingerprint density at radius 2 is 2.12 bits per heavy atom. The van der Waals surface area contributed by atoms with E-state index in [1.807, 2.05) is 46.1 Å². The Bertz CT molecular complexity index is 1320. The van der Waals surface area contributed by atoms with Crippen LogP contribution in [0.1, 0.15) is 48.4 Å². The highest BCUT2D eigenvalue weighted by Gasteiger charge is 2.32. The van der Waals surface area contributed by atoms with Crippen molar-refractivity contribution in [2.75, 3.05) is 5.32 Å². The van der Waals surface area contributed by atoms with Gasteiger partial charge in [0.1, 0.15) is 28.8 Å². The van der Waals surface area contributed by atoms with Crippen LogP contribution in [0.5, 0.6) is 11.5 Å². The summed E-state index contributed by atoms with van der Waals surface area (Å²) in [6.07, 6.45) is 9.02. The fraction of sp³-hybridized carbons (Fsp3) is 0.304. The van der Waals surface area contributed by atoms with Gasteiger partial charge in [0, 0.05) is 49.3 Å². The number of ether oxygens (including phenoxy) is 2. The van der Waals surface area contributed by atoms with Gasteiger partial charge in [-0.25, -0.2) is 9.50 Å². The lowest BCUT2D eigenvalue weighted by Gasteiger charge is -2.19. The molecule has 164 valence electrons. The number of carbonyl (C=O) groups is 1. The van der Waals surface area contributed by atoms with E-state index in [1.54, 1.807) is 33.9 Å². The minimum absolute atomic E-state index is 0.273. The second kappa shape index (κ2) is 7.37. The van der Waals surface area contributed by atoms with Gasteiger partial charge in [0.2, 0.25) is 0 Å². The molecule has 4 heterocycles. The first-order valence-corrected chi connectivity index (χ1v) is 10.4. The number of fused-ring (bicyclic) bond motifs is 2. The van der Waals surface area contributed by atoms with Gasteiger partial charge in [-0.3, -0.25) is 9.48 Å². The average Bonchev–Trinajstić information content (AvgIpc) is 3.43. The van der Waals surface area contributed by atoms with Crippen molar-refractivity contribution in [1.82, 2.24) is 24.4 Å². The van der Waals surface area contributed by atoms with Gasteiger partial charge in [-0.15, -0.1) is 0 Å². The predicted octanol–water partition coefficient (Wildman–Crippen LogP) is 3.57. The molecule has 1 aliphatic rings. The molecule has 9 heteroatoms. The molecule has 4 aromatic rings. The van der Waals surface area contributed by atoms with E-state index in [9.17, 15) is 4.79 Å². The number of nitrogens with one attached hydrogen (secondary N) is 1. The maximum Gasteiger partial charge on any atom is 0.261 e. The number of hydrogen-bond acceptors (Lipinski definition) is 6. The van der Waals surface area contributed by atoms with E-state index < -0.39 is 0 Å². The first kappa shape index (κ1) is 20.0. The van der Waals surface area contributed by atoms with E-state index in [-0.39, 0.29) is 17.6 Å². The Kier molecular flexibility index (Phi) is 4.61. The molecule has 1 atom stereocenters. The Hall–Kier alpha value is -3.88. The molecule has 0 fully saturated rings. The summed E-state index contributed by atoms with van der Waals surface area (Å²) in [7, 11) is 1.86. The molecule has 1 unspecified atom stereocenters. The average molecular weight is 432 g/mol. The zero-order valence-corrected chi connectivity index (χ0v) is 18.4. The van der Waals surface area contributed by atoms with Crippen molar-refractivity contribution in [3.8, 4) is 11.5 Å². The fourth-order valence-corrected chi connectivity index (χ4v) is 3.91. The molecule has 1 N–H and O–H groups in total. The maximum absolute atomic E-state index is 13.1. The monoisotopic (exact) mass is 432 g/mol. The Labute approximate surface area is 185 Å². The molecule has 9 nitrogen and oxygen atoms in total. The molecule has 0 spiro atoms. The van der Waals surface area contributed by atoms with Gasteiger partial charge in [0.05, 0.1) is 18.1 Å². The van der Waals surface area contributed by atoms with Gasteiger partial charge >= 0.3 is 0 Å². The summed E-state index contributed by atoms with van der Waals surface area (Å²) < 4.78 is 15.6. The molecule has 1 aromatic carbocycles. The predicted molar refractivity (Wildman–Crippen MR) is 118 cm³/mol. The molecule has 0 bridgehead atoms. The maximum atomic E-state index is 13.1. The van der Waals surface area contributed by atoms with E-state index in [0.29, 0.717) is 22.6 Å². The number of nitrogens with zero attached hydrogens (tertiary/aromatic N) is 5. The number of rotatable bonds is 5. The van der Waals surface area contributed by atoms with Crippen molar-refractivity contribution in [3.05, 3.63) is 65.9 Å². The summed E-state index contributed by atoms with van der Waals surface area (Å²) in [5.74, 6) is 0.977. The van der Waals surface area contributed by atoms with Crippen LogP contribution in [0.15, 0.2) is 49.2 Å². The number of anilines is 1. The fourth-order valence-electron chi connectivity index (χ4n) is 3.91. The quantitative estimate of drug-likeness (QED) is 0.518. The number of carbonyl (C=O) groups excluding carboxylic acids is 1. The third kappa shape index (κ3) is 3.66. The van der Waals surface area contributed by atoms with Crippen LogP contribution in [0, 0.1) is 0 Å². The lowest BCUT2D eigenvalue weighted by Crippen LogP contribution is -2.24. The van der Waals surface area contributed by atoms with Crippen molar-refractivity contribution < 1.29 is 14.3 Å². The van der Waals surface area contributed by atoms with Crippen LogP contribution in [-0.4, -0.2) is 35.9 Å². The summed E-state index contributed by atoms with van der Waals surface area (Å²) in [6.45, 7) is 6.01. The van der Waals surface area contributed by atoms with E-state index in [1.165, 1.54) is 6.20 Å². The number of aryl methyl sites for hydroxylation is 1. The van der Waals surface area contributed by atoms with E-state index >= 15 is 0 Å². The van der Waals surface area contributed by atoms with Crippen molar-refractivity contribution in [1.29, 1.82) is 0 Å². The molecule has 32 heavy (non-hydrogen) atoms. The van der Waals surface area contributed by atoms with Crippen LogP contribution < -0.4 is 14.8 Å². The summed E-state index contributed by atoms with van der Waals surface area (Å²) in [5, 5.41) is 11.4. The Morgan fingerprint density at radius 1 is 1.28 bits per heavy atom. The Morgan fingerprint density at radius 3 is 2.91 bits per heavy atom. The molecule has 3 aromatic heterocycles. The van der Waals surface area contributed by atoms with Gasteiger partial charge in [0.15, 0.2) is 5.65 Å². The second-order valence-corrected chi connectivity index (χ2v) is 8.60. The molecule has 0 saturated heterocycles. The van der Waals surface area contributed by atoms with Crippen molar-refractivity contribution in [3.63, 3.8) is 0 Å². The second-order valence-electron chi connectivity index (χ2n) is 8.60. The van der Waals surface area contributed by atoms with E-state index in [0.717, 1.165) is 23.3 Å². The third-order valence-corrected chi connectivity index (χ3v) is 5.44.